The lowest BCUT2D eigenvalue weighted by Gasteiger charge is -2.20. The Labute approximate surface area is 162 Å². The van der Waals surface area contributed by atoms with Crippen molar-refractivity contribution in [1.82, 2.24) is 0 Å². The third kappa shape index (κ3) is 8.21. The van der Waals surface area contributed by atoms with Crippen molar-refractivity contribution in [3.05, 3.63) is 71.8 Å². The van der Waals surface area contributed by atoms with Crippen molar-refractivity contribution in [3.63, 3.8) is 0 Å². The van der Waals surface area contributed by atoms with E-state index in [1.165, 1.54) is 0 Å². The summed E-state index contributed by atoms with van der Waals surface area (Å²) in [7, 11) is -3.23. The normalized spacial score (nSPS) is 12.1. The predicted molar refractivity (Wildman–Crippen MR) is 109 cm³/mol. The zero-order valence-electron chi connectivity index (χ0n) is 16.2. The Morgan fingerprint density at radius 3 is 1.78 bits per heavy atom. The molecule has 2 aromatic rings. The van der Waals surface area contributed by atoms with E-state index in [-0.39, 0.29) is 18.6 Å². The molecule has 2 rings (SSSR count). The number of hydrogen-bond donors (Lipinski definition) is 0. The van der Waals surface area contributed by atoms with Crippen molar-refractivity contribution in [2.75, 3.05) is 6.16 Å². The number of aldehydes is 1. The summed E-state index contributed by atoms with van der Waals surface area (Å²) in [6.07, 6.45) is 3.58. The lowest BCUT2D eigenvalue weighted by atomic mass is 9.89. The lowest BCUT2D eigenvalue weighted by Crippen LogP contribution is -2.12. The van der Waals surface area contributed by atoms with E-state index in [2.05, 4.69) is 0 Å². The molecule has 0 aromatic heterocycles. The van der Waals surface area contributed by atoms with Gasteiger partial charge in [0.2, 0.25) is 0 Å². The standard InChI is InChI=1S/C22H29O4P/c1-22(2,19-23)15-9-10-16-27(24,25-17-20-11-5-3-6-12-20)26-18-21-13-7-4-8-14-21/h3-8,11-14,19H,9-10,15-18H2,1-2H3. The molecule has 0 aliphatic rings. The maximum absolute atomic E-state index is 13.2. The Morgan fingerprint density at radius 1 is 0.852 bits per heavy atom. The van der Waals surface area contributed by atoms with E-state index in [9.17, 15) is 9.36 Å². The molecular formula is C22H29O4P. The van der Waals surface area contributed by atoms with Crippen LogP contribution >= 0.6 is 7.60 Å². The van der Waals surface area contributed by atoms with Crippen LogP contribution in [0.3, 0.4) is 0 Å². The molecule has 2 aromatic carbocycles. The molecule has 5 heteroatoms. The molecule has 0 unspecified atom stereocenters. The van der Waals surface area contributed by atoms with Gasteiger partial charge in [-0.3, -0.25) is 4.57 Å². The molecule has 0 saturated heterocycles. The van der Waals surface area contributed by atoms with Crippen LogP contribution in [-0.4, -0.2) is 12.4 Å². The maximum atomic E-state index is 13.2. The first-order valence-electron chi connectivity index (χ1n) is 9.35. The summed E-state index contributed by atoms with van der Waals surface area (Å²) in [5.41, 5.74) is 1.58. The van der Waals surface area contributed by atoms with Gasteiger partial charge in [0.25, 0.3) is 0 Å². The second-order valence-corrected chi connectivity index (χ2v) is 9.60. The van der Waals surface area contributed by atoms with Gasteiger partial charge in [-0.25, -0.2) is 0 Å². The summed E-state index contributed by atoms with van der Waals surface area (Å²) >= 11 is 0. The minimum absolute atomic E-state index is 0.257. The van der Waals surface area contributed by atoms with Crippen LogP contribution in [0.25, 0.3) is 0 Å². The van der Waals surface area contributed by atoms with Gasteiger partial charge in [-0.2, -0.15) is 0 Å². The number of benzene rings is 2. The van der Waals surface area contributed by atoms with Gasteiger partial charge in [0.1, 0.15) is 6.29 Å². The molecule has 0 radical (unpaired) electrons. The van der Waals surface area contributed by atoms with Crippen LogP contribution in [0.4, 0.5) is 0 Å². The first kappa shape index (κ1) is 21.6. The second-order valence-electron chi connectivity index (χ2n) is 7.42. The molecule has 0 spiro atoms. The Hall–Kier alpha value is -1.74. The van der Waals surface area contributed by atoms with Crippen molar-refractivity contribution in [2.24, 2.45) is 5.41 Å². The van der Waals surface area contributed by atoms with E-state index in [1.807, 2.05) is 74.5 Å². The fourth-order valence-corrected chi connectivity index (χ4v) is 4.24. The average Bonchev–Trinajstić information content (AvgIpc) is 2.70. The first-order valence-corrected chi connectivity index (χ1v) is 11.1. The highest BCUT2D eigenvalue weighted by atomic mass is 31.2. The first-order chi connectivity index (χ1) is 12.9. The van der Waals surface area contributed by atoms with Crippen molar-refractivity contribution in [1.29, 1.82) is 0 Å². The summed E-state index contributed by atoms with van der Waals surface area (Å²) in [6, 6.07) is 19.3. The lowest BCUT2D eigenvalue weighted by molar-refractivity contribution is -0.115. The van der Waals surface area contributed by atoms with Gasteiger partial charge < -0.3 is 13.8 Å². The predicted octanol–water partition coefficient (Wildman–Crippen LogP) is 6.01. The van der Waals surface area contributed by atoms with Crippen LogP contribution in [0.15, 0.2) is 60.7 Å². The maximum Gasteiger partial charge on any atom is 0.331 e. The molecule has 27 heavy (non-hydrogen) atoms. The van der Waals surface area contributed by atoms with Gasteiger partial charge in [0.05, 0.1) is 19.4 Å². The van der Waals surface area contributed by atoms with E-state index in [4.69, 9.17) is 9.05 Å². The Balaban J connectivity index is 1.93. The van der Waals surface area contributed by atoms with Crippen LogP contribution in [0.5, 0.6) is 0 Å². The zero-order valence-corrected chi connectivity index (χ0v) is 17.1. The summed E-state index contributed by atoms with van der Waals surface area (Å²) in [6.45, 7) is 4.34. The van der Waals surface area contributed by atoms with E-state index in [1.54, 1.807) is 0 Å². The van der Waals surface area contributed by atoms with Crippen LogP contribution in [0.1, 0.15) is 44.2 Å². The molecule has 0 N–H and O–H groups in total. The van der Waals surface area contributed by atoms with Crippen LogP contribution in [0, 0.1) is 5.41 Å². The van der Waals surface area contributed by atoms with Gasteiger partial charge in [0, 0.05) is 5.41 Å². The number of hydrogen-bond acceptors (Lipinski definition) is 4. The number of rotatable bonds is 12. The monoisotopic (exact) mass is 388 g/mol. The summed E-state index contributed by atoms with van der Waals surface area (Å²) in [5.74, 6) is 0. The van der Waals surface area contributed by atoms with Crippen LogP contribution < -0.4 is 0 Å². The summed E-state index contributed by atoms with van der Waals surface area (Å²) < 4.78 is 24.8. The van der Waals surface area contributed by atoms with Crippen molar-refractivity contribution in [2.45, 2.75) is 46.3 Å². The Bertz CT molecular complexity index is 681. The third-order valence-electron chi connectivity index (χ3n) is 4.36. The molecule has 146 valence electrons. The van der Waals surface area contributed by atoms with Gasteiger partial charge in [-0.1, -0.05) is 80.9 Å². The Kier molecular flexibility index (Phi) is 8.43. The highest BCUT2D eigenvalue weighted by molar-refractivity contribution is 7.53. The fourth-order valence-electron chi connectivity index (χ4n) is 2.61. The number of carbonyl (C=O) groups is 1. The molecule has 0 bridgehead atoms. The molecule has 0 saturated carbocycles. The molecule has 0 amide bonds. The Morgan fingerprint density at radius 2 is 1.33 bits per heavy atom. The largest absolute Gasteiger partial charge is 0.331 e. The van der Waals surface area contributed by atoms with Crippen LogP contribution in [-0.2, 0) is 31.6 Å². The SMILES string of the molecule is CC(C)(C=O)CCCCP(=O)(OCc1ccccc1)OCc1ccccc1. The van der Waals surface area contributed by atoms with E-state index < -0.39 is 7.60 Å². The van der Waals surface area contributed by atoms with Crippen molar-refractivity contribution in [3.8, 4) is 0 Å². The minimum atomic E-state index is -3.23. The van der Waals surface area contributed by atoms with Gasteiger partial charge in [-0.05, 0) is 24.0 Å². The van der Waals surface area contributed by atoms with E-state index >= 15 is 0 Å². The quantitative estimate of drug-likeness (QED) is 0.254. The second kappa shape index (κ2) is 10.6. The van der Waals surface area contributed by atoms with Crippen molar-refractivity contribution >= 4 is 13.9 Å². The smallest absolute Gasteiger partial charge is 0.304 e. The van der Waals surface area contributed by atoms with E-state index in [0.717, 1.165) is 30.3 Å². The van der Waals surface area contributed by atoms with Crippen LogP contribution in [0.2, 0.25) is 0 Å². The molecule has 0 fully saturated rings. The third-order valence-corrected chi connectivity index (χ3v) is 6.27. The molecular weight excluding hydrogens is 359 g/mol. The number of unbranched alkanes of at least 4 members (excludes halogenated alkanes) is 1. The molecule has 4 nitrogen and oxygen atoms in total. The average molecular weight is 388 g/mol. The molecule has 0 heterocycles. The molecule has 0 atom stereocenters. The van der Waals surface area contributed by atoms with Gasteiger partial charge in [-0.15, -0.1) is 0 Å². The fraction of sp³-hybridized carbons (Fsp3) is 0.409. The topological polar surface area (TPSA) is 52.6 Å². The van der Waals surface area contributed by atoms with Gasteiger partial charge in [0.15, 0.2) is 0 Å². The summed E-state index contributed by atoms with van der Waals surface area (Å²) in [4.78, 5) is 11.0. The molecule has 0 aliphatic heterocycles. The zero-order chi connectivity index (χ0) is 19.6. The highest BCUT2D eigenvalue weighted by Crippen LogP contribution is 2.50. The van der Waals surface area contributed by atoms with E-state index in [0.29, 0.717) is 12.6 Å². The van der Waals surface area contributed by atoms with Crippen molar-refractivity contribution < 1.29 is 18.4 Å². The van der Waals surface area contributed by atoms with Gasteiger partial charge >= 0.3 is 7.60 Å². The minimum Gasteiger partial charge on any atom is -0.304 e. The molecule has 0 aliphatic carbocycles. The highest BCUT2D eigenvalue weighted by Gasteiger charge is 2.25. The number of carbonyl (C=O) groups excluding carboxylic acids is 1. The summed E-state index contributed by atoms with van der Waals surface area (Å²) in [5, 5.41) is 0.